The van der Waals surface area contributed by atoms with E-state index in [1.54, 1.807) is 27.8 Å². The van der Waals surface area contributed by atoms with Gasteiger partial charge in [0, 0.05) is 7.05 Å². The minimum atomic E-state index is -0.537. The lowest BCUT2D eigenvalue weighted by Gasteiger charge is -2.34. The molecule has 0 spiro atoms. The first kappa shape index (κ1) is 11.4. The number of carbonyl (C=O) groups is 1. The zero-order chi connectivity index (χ0) is 9.94. The lowest BCUT2D eigenvalue weighted by atomic mass is 10.0. The van der Waals surface area contributed by atoms with Gasteiger partial charge in [-0.3, -0.25) is 4.79 Å². The molecule has 1 amide bonds. The molecule has 12 heavy (non-hydrogen) atoms. The Hall–Kier alpha value is -0.610. The van der Waals surface area contributed by atoms with E-state index >= 15 is 0 Å². The van der Waals surface area contributed by atoms with Crippen molar-refractivity contribution in [3.05, 3.63) is 0 Å². The first-order valence-electron chi connectivity index (χ1n) is 3.97. The Kier molecular flexibility index (Phi) is 3.67. The summed E-state index contributed by atoms with van der Waals surface area (Å²) in [5.74, 6) is -0.158. The van der Waals surface area contributed by atoms with E-state index < -0.39 is 11.6 Å². The number of nitrogens with two attached hydrogens (primary N) is 1. The summed E-state index contributed by atoms with van der Waals surface area (Å²) >= 11 is 0. The van der Waals surface area contributed by atoms with Crippen molar-refractivity contribution in [2.24, 2.45) is 5.73 Å². The third-order valence-electron chi connectivity index (χ3n) is 2.02. The molecule has 0 aliphatic carbocycles. The van der Waals surface area contributed by atoms with E-state index in [0.29, 0.717) is 0 Å². The summed E-state index contributed by atoms with van der Waals surface area (Å²) in [7, 11) is 1.64. The van der Waals surface area contributed by atoms with Gasteiger partial charge in [-0.15, -0.1) is 0 Å². The van der Waals surface area contributed by atoms with Crippen molar-refractivity contribution in [1.29, 1.82) is 0 Å². The smallest absolute Gasteiger partial charge is 0.239 e. The van der Waals surface area contributed by atoms with Crippen molar-refractivity contribution < 1.29 is 9.90 Å². The van der Waals surface area contributed by atoms with Crippen LogP contribution in [0.3, 0.4) is 0 Å². The SMILES string of the molecule is C[C@@H](N)C(=O)N(C)C(C)(C)CO. The molecule has 0 bridgehead atoms. The Morgan fingerprint density at radius 1 is 1.67 bits per heavy atom. The van der Waals surface area contributed by atoms with Gasteiger partial charge in [-0.25, -0.2) is 0 Å². The van der Waals surface area contributed by atoms with E-state index in [-0.39, 0.29) is 12.5 Å². The van der Waals surface area contributed by atoms with Crippen molar-refractivity contribution in [2.45, 2.75) is 32.4 Å². The number of nitrogens with zero attached hydrogens (tertiary/aromatic N) is 1. The number of likely N-dealkylation sites (N-methyl/N-ethyl adjacent to an activating group) is 1. The zero-order valence-corrected chi connectivity index (χ0v) is 8.16. The maximum atomic E-state index is 11.3. The van der Waals surface area contributed by atoms with E-state index in [2.05, 4.69) is 0 Å². The molecule has 0 rings (SSSR count). The summed E-state index contributed by atoms with van der Waals surface area (Å²) in [4.78, 5) is 12.8. The molecular formula is C8H18N2O2. The minimum Gasteiger partial charge on any atom is -0.394 e. The van der Waals surface area contributed by atoms with Crippen LogP contribution in [0, 0.1) is 0 Å². The molecule has 3 N–H and O–H groups in total. The summed E-state index contributed by atoms with van der Waals surface area (Å²) in [5, 5.41) is 8.96. The molecule has 0 aromatic carbocycles. The van der Waals surface area contributed by atoms with Gasteiger partial charge in [0.1, 0.15) is 0 Å². The molecule has 0 aliphatic heterocycles. The number of aliphatic hydroxyl groups excluding tert-OH is 1. The third-order valence-corrected chi connectivity index (χ3v) is 2.02. The molecular weight excluding hydrogens is 156 g/mol. The average Bonchev–Trinajstić information content (AvgIpc) is 2.01. The second kappa shape index (κ2) is 3.87. The number of aliphatic hydroxyl groups is 1. The first-order valence-corrected chi connectivity index (χ1v) is 3.97. The second-order valence-electron chi connectivity index (χ2n) is 3.66. The quantitative estimate of drug-likeness (QED) is 0.609. The average molecular weight is 174 g/mol. The maximum Gasteiger partial charge on any atom is 0.239 e. The number of amides is 1. The first-order chi connectivity index (χ1) is 5.33. The number of carbonyl (C=O) groups excluding carboxylic acids is 1. The molecule has 4 heteroatoms. The van der Waals surface area contributed by atoms with Crippen LogP contribution in [-0.4, -0.2) is 41.1 Å². The monoisotopic (exact) mass is 174 g/mol. The van der Waals surface area contributed by atoms with E-state index in [4.69, 9.17) is 10.8 Å². The molecule has 72 valence electrons. The van der Waals surface area contributed by atoms with E-state index in [0.717, 1.165) is 0 Å². The molecule has 0 aromatic heterocycles. The van der Waals surface area contributed by atoms with E-state index in [9.17, 15) is 4.79 Å². The molecule has 0 unspecified atom stereocenters. The van der Waals surface area contributed by atoms with Crippen molar-refractivity contribution in [3.63, 3.8) is 0 Å². The summed E-state index contributed by atoms with van der Waals surface area (Å²) in [5.41, 5.74) is 4.88. The predicted molar refractivity (Wildman–Crippen MR) is 47.6 cm³/mol. The molecule has 1 atom stereocenters. The Morgan fingerprint density at radius 3 is 2.33 bits per heavy atom. The fourth-order valence-electron chi connectivity index (χ4n) is 0.710. The number of hydrogen-bond donors (Lipinski definition) is 2. The van der Waals surface area contributed by atoms with Gasteiger partial charge in [-0.1, -0.05) is 0 Å². The molecule has 0 aliphatic rings. The highest BCUT2D eigenvalue weighted by atomic mass is 16.3. The lowest BCUT2D eigenvalue weighted by Crippen LogP contribution is -2.52. The largest absolute Gasteiger partial charge is 0.394 e. The minimum absolute atomic E-state index is 0.0675. The summed E-state index contributed by atoms with van der Waals surface area (Å²) in [6.45, 7) is 5.13. The Morgan fingerprint density at radius 2 is 2.08 bits per heavy atom. The molecule has 0 aromatic rings. The van der Waals surface area contributed by atoms with Gasteiger partial charge in [-0.05, 0) is 20.8 Å². The third kappa shape index (κ3) is 2.46. The summed E-state index contributed by atoms with van der Waals surface area (Å²) in [6.07, 6.45) is 0. The standard InChI is InChI=1S/C8H18N2O2/c1-6(9)7(12)10(4)8(2,3)5-11/h6,11H,5,9H2,1-4H3/t6-/m1/s1. The fraction of sp³-hybridized carbons (Fsp3) is 0.875. The maximum absolute atomic E-state index is 11.3. The van der Waals surface area contributed by atoms with E-state index in [1.807, 2.05) is 0 Å². The van der Waals surface area contributed by atoms with Crippen LogP contribution in [0.1, 0.15) is 20.8 Å². The van der Waals surface area contributed by atoms with Gasteiger partial charge in [0.2, 0.25) is 5.91 Å². The Bertz CT molecular complexity index is 166. The van der Waals surface area contributed by atoms with Crippen LogP contribution in [0.15, 0.2) is 0 Å². The predicted octanol–water partition coefficient (Wildman–Crippen LogP) is -0.437. The lowest BCUT2D eigenvalue weighted by molar-refractivity contribution is -0.137. The highest BCUT2D eigenvalue weighted by Gasteiger charge is 2.28. The molecule has 0 saturated carbocycles. The van der Waals surface area contributed by atoms with Crippen LogP contribution < -0.4 is 5.73 Å². The van der Waals surface area contributed by atoms with Crippen molar-refractivity contribution >= 4 is 5.91 Å². The van der Waals surface area contributed by atoms with Crippen LogP contribution in [-0.2, 0) is 4.79 Å². The van der Waals surface area contributed by atoms with E-state index in [1.165, 1.54) is 4.90 Å². The molecule has 0 heterocycles. The van der Waals surface area contributed by atoms with Crippen molar-refractivity contribution in [1.82, 2.24) is 4.90 Å². The zero-order valence-electron chi connectivity index (χ0n) is 8.16. The fourth-order valence-corrected chi connectivity index (χ4v) is 0.710. The summed E-state index contributed by atoms with van der Waals surface area (Å²) in [6, 6.07) is -0.513. The number of hydrogen-bond acceptors (Lipinski definition) is 3. The topological polar surface area (TPSA) is 66.6 Å². The van der Waals surface area contributed by atoms with Gasteiger partial charge in [0.15, 0.2) is 0 Å². The molecule has 0 saturated heterocycles. The van der Waals surface area contributed by atoms with Crippen LogP contribution in [0.5, 0.6) is 0 Å². The van der Waals surface area contributed by atoms with Gasteiger partial charge in [0.25, 0.3) is 0 Å². The highest BCUT2D eigenvalue weighted by Crippen LogP contribution is 2.11. The molecule has 4 nitrogen and oxygen atoms in total. The van der Waals surface area contributed by atoms with Gasteiger partial charge < -0.3 is 15.7 Å². The second-order valence-corrected chi connectivity index (χ2v) is 3.66. The normalized spacial score (nSPS) is 14.2. The Labute approximate surface area is 73.3 Å². The van der Waals surface area contributed by atoms with Gasteiger partial charge in [0.05, 0.1) is 18.2 Å². The highest BCUT2D eigenvalue weighted by molar-refractivity contribution is 5.81. The molecule has 0 fully saturated rings. The van der Waals surface area contributed by atoms with Crippen LogP contribution >= 0.6 is 0 Å². The van der Waals surface area contributed by atoms with Gasteiger partial charge in [-0.2, -0.15) is 0 Å². The van der Waals surface area contributed by atoms with Crippen LogP contribution in [0.4, 0.5) is 0 Å². The molecule has 0 radical (unpaired) electrons. The van der Waals surface area contributed by atoms with Crippen LogP contribution in [0.2, 0.25) is 0 Å². The van der Waals surface area contributed by atoms with Crippen LogP contribution in [0.25, 0.3) is 0 Å². The van der Waals surface area contributed by atoms with Crippen molar-refractivity contribution in [3.8, 4) is 0 Å². The summed E-state index contributed by atoms with van der Waals surface area (Å²) < 4.78 is 0. The van der Waals surface area contributed by atoms with Crippen molar-refractivity contribution in [2.75, 3.05) is 13.7 Å². The number of rotatable bonds is 3. The Balaban J connectivity index is 4.38. The van der Waals surface area contributed by atoms with Gasteiger partial charge >= 0.3 is 0 Å².